The summed E-state index contributed by atoms with van der Waals surface area (Å²) in [7, 11) is 0. The van der Waals surface area contributed by atoms with E-state index in [2.05, 4.69) is 30.9 Å². The molecule has 0 saturated carbocycles. The van der Waals surface area contributed by atoms with E-state index in [1.54, 1.807) is 0 Å². The van der Waals surface area contributed by atoms with Crippen LogP contribution in [0.15, 0.2) is 24.3 Å². The number of nitrogens with zero attached hydrogens (tertiary/aromatic N) is 3. The zero-order valence-corrected chi connectivity index (χ0v) is 12.9. The Bertz CT molecular complexity index is 657. The number of nitriles is 1. The average Bonchev–Trinajstić information content (AvgIpc) is 2.49. The molecule has 0 unspecified atom stereocenters. The maximum absolute atomic E-state index is 9.06. The van der Waals surface area contributed by atoms with Gasteiger partial charge < -0.3 is 9.64 Å². The van der Waals surface area contributed by atoms with Gasteiger partial charge in [0.25, 0.3) is 0 Å². The van der Waals surface area contributed by atoms with Crippen molar-refractivity contribution in [2.45, 2.75) is 27.2 Å². The highest BCUT2D eigenvalue weighted by atomic mass is 16.5. The van der Waals surface area contributed by atoms with Crippen molar-refractivity contribution in [3.63, 3.8) is 0 Å². The zero-order chi connectivity index (χ0) is 15.2. The smallest absolute Gasteiger partial charge is 0.133 e. The monoisotopic (exact) mass is 283 g/mol. The largest absolute Gasteiger partial charge is 0.494 e. The first-order valence-corrected chi connectivity index (χ1v) is 7.41. The second kappa shape index (κ2) is 6.94. The molecule has 4 nitrogen and oxygen atoms in total. The van der Waals surface area contributed by atoms with Gasteiger partial charge in [-0.1, -0.05) is 0 Å². The van der Waals surface area contributed by atoms with Gasteiger partial charge in [0.15, 0.2) is 0 Å². The Hall–Kier alpha value is -2.28. The molecular formula is C17H21N3O. The van der Waals surface area contributed by atoms with Gasteiger partial charge in [-0.25, -0.2) is 4.98 Å². The minimum atomic E-state index is 0.369. The molecule has 0 amide bonds. The van der Waals surface area contributed by atoms with E-state index in [9.17, 15) is 0 Å². The molecule has 0 aliphatic carbocycles. The second-order valence-corrected chi connectivity index (χ2v) is 4.77. The van der Waals surface area contributed by atoms with Gasteiger partial charge in [0.2, 0.25) is 0 Å². The molecule has 1 aromatic carbocycles. The summed E-state index contributed by atoms with van der Waals surface area (Å²) in [6, 6.07) is 10.2. The fourth-order valence-corrected chi connectivity index (χ4v) is 2.46. The second-order valence-electron chi connectivity index (χ2n) is 4.77. The van der Waals surface area contributed by atoms with Gasteiger partial charge in [-0.2, -0.15) is 5.26 Å². The Morgan fingerprint density at radius 3 is 2.57 bits per heavy atom. The third kappa shape index (κ3) is 3.25. The highest BCUT2D eigenvalue weighted by Gasteiger charge is 2.12. The SMILES string of the molecule is CCOc1ccc2nc(N(CC)CC)c(CC#N)cc2c1. The summed E-state index contributed by atoms with van der Waals surface area (Å²) in [5.41, 5.74) is 1.91. The van der Waals surface area contributed by atoms with Crippen molar-refractivity contribution in [2.24, 2.45) is 0 Å². The molecule has 0 aliphatic rings. The lowest BCUT2D eigenvalue weighted by Gasteiger charge is -2.22. The van der Waals surface area contributed by atoms with Crippen molar-refractivity contribution < 1.29 is 4.74 Å². The van der Waals surface area contributed by atoms with Crippen molar-refractivity contribution >= 4 is 16.7 Å². The van der Waals surface area contributed by atoms with Gasteiger partial charge >= 0.3 is 0 Å². The molecule has 1 heterocycles. The zero-order valence-electron chi connectivity index (χ0n) is 12.9. The fraction of sp³-hybridized carbons (Fsp3) is 0.412. The highest BCUT2D eigenvalue weighted by molar-refractivity contribution is 5.83. The van der Waals surface area contributed by atoms with E-state index in [1.807, 2.05) is 25.1 Å². The van der Waals surface area contributed by atoms with Crippen molar-refractivity contribution in [1.29, 1.82) is 5.26 Å². The van der Waals surface area contributed by atoms with E-state index in [4.69, 9.17) is 15.0 Å². The number of fused-ring (bicyclic) bond motifs is 1. The maximum Gasteiger partial charge on any atom is 0.133 e. The number of benzene rings is 1. The molecule has 1 aromatic heterocycles. The number of hydrogen-bond donors (Lipinski definition) is 0. The Kier molecular flexibility index (Phi) is 4.99. The summed E-state index contributed by atoms with van der Waals surface area (Å²) in [5.74, 6) is 1.75. The van der Waals surface area contributed by atoms with Crippen LogP contribution in [-0.2, 0) is 6.42 Å². The molecule has 0 saturated heterocycles. The number of pyridine rings is 1. The first kappa shape index (κ1) is 15.1. The van der Waals surface area contributed by atoms with Crippen LogP contribution in [-0.4, -0.2) is 24.7 Å². The van der Waals surface area contributed by atoms with Gasteiger partial charge in [0, 0.05) is 24.0 Å². The molecule has 0 fully saturated rings. The van der Waals surface area contributed by atoms with Crippen LogP contribution in [0.1, 0.15) is 26.3 Å². The Labute approximate surface area is 126 Å². The van der Waals surface area contributed by atoms with Crippen LogP contribution in [0, 0.1) is 11.3 Å². The standard InChI is InChI=1S/C17H21N3O/c1-4-20(5-2)17-13(9-10-18)11-14-12-15(21-6-3)7-8-16(14)19-17/h7-8,11-12H,4-6,9H2,1-3H3. The molecule has 110 valence electrons. The van der Waals surface area contributed by atoms with Crippen LogP contribution in [0.25, 0.3) is 10.9 Å². The third-order valence-corrected chi connectivity index (χ3v) is 3.49. The Balaban J connectivity index is 2.56. The van der Waals surface area contributed by atoms with Crippen LogP contribution in [0.3, 0.4) is 0 Å². The number of ether oxygens (including phenoxy) is 1. The van der Waals surface area contributed by atoms with Crippen LogP contribution in [0.2, 0.25) is 0 Å². The van der Waals surface area contributed by atoms with Crippen LogP contribution in [0.5, 0.6) is 5.75 Å². The van der Waals surface area contributed by atoms with Crippen LogP contribution in [0.4, 0.5) is 5.82 Å². The predicted molar refractivity (Wildman–Crippen MR) is 85.8 cm³/mol. The van der Waals surface area contributed by atoms with E-state index >= 15 is 0 Å². The highest BCUT2D eigenvalue weighted by Crippen LogP contribution is 2.26. The summed E-state index contributed by atoms with van der Waals surface area (Å²) in [5, 5.41) is 10.1. The van der Waals surface area contributed by atoms with E-state index in [1.165, 1.54) is 0 Å². The molecule has 2 aromatic rings. The van der Waals surface area contributed by atoms with Crippen molar-refractivity contribution in [3.8, 4) is 11.8 Å². The molecule has 0 spiro atoms. The molecule has 0 atom stereocenters. The lowest BCUT2D eigenvalue weighted by atomic mass is 10.1. The van der Waals surface area contributed by atoms with Crippen molar-refractivity contribution in [3.05, 3.63) is 29.8 Å². The third-order valence-electron chi connectivity index (χ3n) is 3.49. The summed E-state index contributed by atoms with van der Waals surface area (Å²) in [6.45, 7) is 8.57. The summed E-state index contributed by atoms with van der Waals surface area (Å²) < 4.78 is 5.53. The Morgan fingerprint density at radius 1 is 1.19 bits per heavy atom. The molecular weight excluding hydrogens is 262 g/mol. The minimum Gasteiger partial charge on any atom is -0.494 e. The lowest BCUT2D eigenvalue weighted by Crippen LogP contribution is -2.24. The van der Waals surface area contributed by atoms with E-state index in [0.717, 1.165) is 41.1 Å². The van der Waals surface area contributed by atoms with Crippen molar-refractivity contribution in [2.75, 3.05) is 24.6 Å². The number of rotatable bonds is 6. The molecule has 0 N–H and O–H groups in total. The normalized spacial score (nSPS) is 10.4. The number of aromatic nitrogens is 1. The van der Waals surface area contributed by atoms with E-state index in [0.29, 0.717) is 13.0 Å². The first-order chi connectivity index (χ1) is 10.2. The van der Waals surface area contributed by atoms with Crippen LogP contribution < -0.4 is 9.64 Å². The topological polar surface area (TPSA) is 49.1 Å². The predicted octanol–water partition coefficient (Wildman–Crippen LogP) is 3.55. The average molecular weight is 283 g/mol. The first-order valence-electron chi connectivity index (χ1n) is 7.41. The Morgan fingerprint density at radius 2 is 1.95 bits per heavy atom. The lowest BCUT2D eigenvalue weighted by molar-refractivity contribution is 0.340. The fourth-order valence-electron chi connectivity index (χ4n) is 2.46. The molecule has 21 heavy (non-hydrogen) atoms. The van der Waals surface area contributed by atoms with Crippen LogP contribution >= 0.6 is 0 Å². The molecule has 4 heteroatoms. The molecule has 0 radical (unpaired) electrons. The number of anilines is 1. The van der Waals surface area contributed by atoms with Gasteiger partial charge in [-0.15, -0.1) is 0 Å². The number of hydrogen-bond acceptors (Lipinski definition) is 4. The van der Waals surface area contributed by atoms with Gasteiger partial charge in [-0.05, 0) is 45.0 Å². The van der Waals surface area contributed by atoms with E-state index in [-0.39, 0.29) is 0 Å². The van der Waals surface area contributed by atoms with Gasteiger partial charge in [-0.3, -0.25) is 0 Å². The quantitative estimate of drug-likeness (QED) is 0.813. The maximum atomic E-state index is 9.06. The molecule has 0 aliphatic heterocycles. The molecule has 2 rings (SSSR count). The summed E-state index contributed by atoms with van der Waals surface area (Å²) >= 11 is 0. The van der Waals surface area contributed by atoms with Gasteiger partial charge in [0.05, 0.1) is 24.6 Å². The minimum absolute atomic E-state index is 0.369. The van der Waals surface area contributed by atoms with E-state index < -0.39 is 0 Å². The van der Waals surface area contributed by atoms with Crippen molar-refractivity contribution in [1.82, 2.24) is 4.98 Å². The van der Waals surface area contributed by atoms with Gasteiger partial charge in [0.1, 0.15) is 11.6 Å². The molecule has 0 bridgehead atoms. The summed E-state index contributed by atoms with van der Waals surface area (Å²) in [6.07, 6.45) is 0.369. The summed E-state index contributed by atoms with van der Waals surface area (Å²) in [4.78, 5) is 6.94.